The summed E-state index contributed by atoms with van der Waals surface area (Å²) in [6, 6.07) is 19.5. The van der Waals surface area contributed by atoms with Crippen LogP contribution in [-0.4, -0.2) is 43.5 Å². The molecule has 1 amide bonds. The van der Waals surface area contributed by atoms with Gasteiger partial charge < -0.3 is 10.1 Å². The lowest BCUT2D eigenvalue weighted by Crippen LogP contribution is -2.18. The molecule has 1 aliphatic rings. The monoisotopic (exact) mass is 485 g/mol. The molecule has 0 bridgehead atoms. The number of para-hydroxylation sites is 1. The fourth-order valence-electron chi connectivity index (χ4n) is 4.35. The SMILES string of the molecule is COc1ccc(-n2nnnc2SCC(=O)Nc2c(C#N)c3c(n2-c2ccccc2)CCCC3)cc1. The summed E-state index contributed by atoms with van der Waals surface area (Å²) in [7, 11) is 1.61. The number of methoxy groups -OCH3 is 1. The van der Waals surface area contributed by atoms with Gasteiger partial charge in [0.25, 0.3) is 0 Å². The number of rotatable bonds is 7. The quantitative estimate of drug-likeness (QED) is 0.395. The molecule has 0 unspecified atom stereocenters. The zero-order valence-electron chi connectivity index (χ0n) is 19.1. The molecule has 0 fully saturated rings. The topological polar surface area (TPSA) is 111 Å². The van der Waals surface area contributed by atoms with E-state index in [4.69, 9.17) is 4.74 Å². The molecule has 0 radical (unpaired) electrons. The molecule has 2 aromatic heterocycles. The summed E-state index contributed by atoms with van der Waals surface area (Å²) < 4.78 is 8.80. The maximum absolute atomic E-state index is 13.1. The molecule has 0 spiro atoms. The van der Waals surface area contributed by atoms with Crippen LogP contribution in [0, 0.1) is 11.3 Å². The number of nitrogens with one attached hydrogen (secondary N) is 1. The number of carbonyl (C=O) groups is 1. The van der Waals surface area contributed by atoms with Gasteiger partial charge in [0.15, 0.2) is 0 Å². The number of nitriles is 1. The average molecular weight is 486 g/mol. The zero-order chi connectivity index (χ0) is 24.2. The number of benzene rings is 2. The van der Waals surface area contributed by atoms with Crippen LogP contribution in [0.5, 0.6) is 5.75 Å². The van der Waals surface area contributed by atoms with E-state index in [0.717, 1.165) is 54.1 Å². The van der Waals surface area contributed by atoms with E-state index >= 15 is 0 Å². The van der Waals surface area contributed by atoms with E-state index in [0.29, 0.717) is 16.5 Å². The van der Waals surface area contributed by atoms with Gasteiger partial charge >= 0.3 is 0 Å². The summed E-state index contributed by atoms with van der Waals surface area (Å²) in [4.78, 5) is 13.1. The molecule has 9 nitrogen and oxygen atoms in total. The van der Waals surface area contributed by atoms with E-state index in [-0.39, 0.29) is 11.7 Å². The first-order chi connectivity index (χ1) is 17.2. The second kappa shape index (κ2) is 10.0. The molecule has 2 aromatic carbocycles. The van der Waals surface area contributed by atoms with Crippen LogP contribution in [0.2, 0.25) is 0 Å². The first kappa shape index (κ1) is 22.7. The molecule has 176 valence electrons. The Morgan fingerprint density at radius 2 is 1.89 bits per heavy atom. The maximum Gasteiger partial charge on any atom is 0.236 e. The van der Waals surface area contributed by atoms with Crippen molar-refractivity contribution in [2.24, 2.45) is 0 Å². The Morgan fingerprint density at radius 1 is 1.11 bits per heavy atom. The predicted molar refractivity (Wildman–Crippen MR) is 132 cm³/mol. The molecule has 0 saturated carbocycles. The van der Waals surface area contributed by atoms with Gasteiger partial charge in [-0.05, 0) is 78.1 Å². The predicted octanol–water partition coefficient (Wildman–Crippen LogP) is 3.94. The molecule has 0 atom stereocenters. The van der Waals surface area contributed by atoms with Crippen molar-refractivity contribution < 1.29 is 9.53 Å². The average Bonchev–Trinajstić information content (AvgIpc) is 3.50. The number of ether oxygens (including phenoxy) is 1. The Labute approximate surface area is 206 Å². The minimum Gasteiger partial charge on any atom is -0.497 e. The molecule has 0 aliphatic heterocycles. The summed E-state index contributed by atoms with van der Waals surface area (Å²) in [6.45, 7) is 0. The van der Waals surface area contributed by atoms with Crippen LogP contribution in [0.4, 0.5) is 5.82 Å². The van der Waals surface area contributed by atoms with Gasteiger partial charge in [-0.3, -0.25) is 9.36 Å². The number of aromatic nitrogens is 5. The van der Waals surface area contributed by atoms with E-state index in [1.165, 1.54) is 11.8 Å². The number of anilines is 1. The maximum atomic E-state index is 13.1. The van der Waals surface area contributed by atoms with Gasteiger partial charge in [0.1, 0.15) is 17.6 Å². The van der Waals surface area contributed by atoms with E-state index in [9.17, 15) is 10.1 Å². The third-order valence-corrected chi connectivity index (χ3v) is 6.86. The highest BCUT2D eigenvalue weighted by atomic mass is 32.2. The second-order valence-corrected chi connectivity index (χ2v) is 8.99. The molecule has 0 saturated heterocycles. The highest BCUT2D eigenvalue weighted by molar-refractivity contribution is 7.99. The molecule has 2 heterocycles. The number of tetrazole rings is 1. The summed E-state index contributed by atoms with van der Waals surface area (Å²) >= 11 is 1.23. The van der Waals surface area contributed by atoms with Gasteiger partial charge in [-0.25, -0.2) is 0 Å². The van der Waals surface area contributed by atoms with Gasteiger partial charge in [0.05, 0.1) is 24.1 Å². The number of thioether (sulfide) groups is 1. The van der Waals surface area contributed by atoms with E-state index in [1.54, 1.807) is 11.8 Å². The van der Waals surface area contributed by atoms with Gasteiger partial charge in [-0.15, -0.1) is 5.10 Å². The summed E-state index contributed by atoms with van der Waals surface area (Å²) in [5.74, 6) is 1.12. The highest BCUT2D eigenvalue weighted by Crippen LogP contribution is 2.35. The van der Waals surface area contributed by atoms with Crippen LogP contribution < -0.4 is 10.1 Å². The highest BCUT2D eigenvalue weighted by Gasteiger charge is 2.27. The van der Waals surface area contributed by atoms with Gasteiger partial charge in [-0.2, -0.15) is 9.94 Å². The zero-order valence-corrected chi connectivity index (χ0v) is 20.0. The summed E-state index contributed by atoms with van der Waals surface area (Å²) in [5.41, 5.74) is 4.37. The van der Waals surface area contributed by atoms with Crippen LogP contribution in [0.15, 0.2) is 59.8 Å². The van der Waals surface area contributed by atoms with Gasteiger partial charge in [0, 0.05) is 11.4 Å². The lowest BCUT2D eigenvalue weighted by Gasteiger charge is -2.17. The standard InChI is InChI=1S/C25H23N7O2S/c1-34-19-13-11-18(12-14-19)32-25(28-29-30-32)35-16-23(33)27-24-21(15-26)20-9-5-6-10-22(20)31(24)17-7-3-2-4-8-17/h2-4,7-8,11-14H,5-6,9-10,16H2,1H3,(H,27,33). The van der Waals surface area contributed by atoms with Crippen molar-refractivity contribution in [3.8, 4) is 23.2 Å². The number of hydrogen-bond donors (Lipinski definition) is 1. The Morgan fingerprint density at radius 3 is 2.63 bits per heavy atom. The molecule has 1 N–H and O–H groups in total. The summed E-state index contributed by atoms with van der Waals surface area (Å²) in [6.07, 6.45) is 3.82. The smallest absolute Gasteiger partial charge is 0.236 e. The first-order valence-corrected chi connectivity index (χ1v) is 12.3. The Hall–Kier alpha value is -4.10. The van der Waals surface area contributed by atoms with Crippen LogP contribution in [0.25, 0.3) is 11.4 Å². The number of nitrogens with zero attached hydrogens (tertiary/aromatic N) is 6. The van der Waals surface area contributed by atoms with Crippen LogP contribution in [0.1, 0.15) is 29.7 Å². The van der Waals surface area contributed by atoms with Crippen molar-refractivity contribution in [3.05, 3.63) is 71.4 Å². The van der Waals surface area contributed by atoms with Crippen molar-refractivity contribution in [1.82, 2.24) is 24.8 Å². The largest absolute Gasteiger partial charge is 0.497 e. The van der Waals surface area contributed by atoms with Crippen molar-refractivity contribution >= 4 is 23.5 Å². The van der Waals surface area contributed by atoms with Gasteiger partial charge in [0.2, 0.25) is 11.1 Å². The van der Waals surface area contributed by atoms with Gasteiger partial charge in [-0.1, -0.05) is 30.0 Å². The van der Waals surface area contributed by atoms with Crippen molar-refractivity contribution in [1.29, 1.82) is 5.26 Å². The molecular formula is C25H23N7O2S. The van der Waals surface area contributed by atoms with Crippen molar-refractivity contribution in [2.45, 2.75) is 30.8 Å². The first-order valence-electron chi connectivity index (χ1n) is 11.3. The minimum atomic E-state index is -0.234. The molecule has 35 heavy (non-hydrogen) atoms. The number of hydrogen-bond acceptors (Lipinski definition) is 7. The third-order valence-electron chi connectivity index (χ3n) is 5.95. The van der Waals surface area contributed by atoms with E-state index in [2.05, 4.69) is 26.9 Å². The number of amides is 1. The second-order valence-electron chi connectivity index (χ2n) is 8.05. The summed E-state index contributed by atoms with van der Waals surface area (Å²) in [5, 5.41) is 25.3. The fraction of sp³-hybridized carbons (Fsp3) is 0.240. The molecule has 1 aliphatic carbocycles. The van der Waals surface area contributed by atoms with Crippen LogP contribution >= 0.6 is 11.8 Å². The Kier molecular flexibility index (Phi) is 6.50. The fourth-order valence-corrected chi connectivity index (χ4v) is 5.04. The van der Waals surface area contributed by atoms with Crippen molar-refractivity contribution in [3.63, 3.8) is 0 Å². The molecule has 5 rings (SSSR count). The number of fused-ring (bicyclic) bond motifs is 1. The van der Waals surface area contributed by atoms with Crippen molar-refractivity contribution in [2.75, 3.05) is 18.2 Å². The van der Waals surface area contributed by atoms with E-state index < -0.39 is 0 Å². The Bertz CT molecular complexity index is 1390. The normalized spacial score (nSPS) is 12.6. The van der Waals surface area contributed by atoms with Crippen LogP contribution in [0.3, 0.4) is 0 Å². The van der Waals surface area contributed by atoms with Crippen LogP contribution in [-0.2, 0) is 17.6 Å². The lowest BCUT2D eigenvalue weighted by molar-refractivity contribution is -0.113. The number of carbonyl (C=O) groups excluding carboxylic acids is 1. The molecule has 4 aromatic rings. The third kappa shape index (κ3) is 4.50. The molecular weight excluding hydrogens is 462 g/mol. The minimum absolute atomic E-state index is 0.0893. The van der Waals surface area contributed by atoms with E-state index in [1.807, 2.05) is 59.2 Å². The molecule has 10 heteroatoms. The lowest BCUT2D eigenvalue weighted by atomic mass is 9.95. The Balaban J connectivity index is 1.38.